The number of aromatic nitrogens is 1. The molecular weight excluding hydrogens is 245 g/mol. The molecule has 0 aliphatic rings. The standard InChI is InChI=1S/C15H10FNO2/c16-12-3-7-14(8-4-12)18-13-5-1-11(2-6-13)15-9-10-17-19-15/h1-10H. The number of ether oxygens (including phenoxy) is 1. The molecule has 94 valence electrons. The minimum absolute atomic E-state index is 0.284. The summed E-state index contributed by atoms with van der Waals surface area (Å²) in [6.45, 7) is 0. The summed E-state index contributed by atoms with van der Waals surface area (Å²) in [5.74, 6) is 1.69. The van der Waals surface area contributed by atoms with Gasteiger partial charge in [-0.3, -0.25) is 0 Å². The lowest BCUT2D eigenvalue weighted by molar-refractivity contribution is 0.432. The average molecular weight is 255 g/mol. The van der Waals surface area contributed by atoms with Crippen LogP contribution >= 0.6 is 0 Å². The molecule has 0 N–H and O–H groups in total. The van der Waals surface area contributed by atoms with Crippen LogP contribution in [-0.4, -0.2) is 5.16 Å². The van der Waals surface area contributed by atoms with E-state index in [-0.39, 0.29) is 5.82 Å². The number of hydrogen-bond donors (Lipinski definition) is 0. The molecule has 0 amide bonds. The average Bonchev–Trinajstić information content (AvgIpc) is 2.96. The van der Waals surface area contributed by atoms with Crippen LogP contribution in [0.2, 0.25) is 0 Å². The van der Waals surface area contributed by atoms with Crippen molar-refractivity contribution < 1.29 is 13.7 Å². The van der Waals surface area contributed by atoms with E-state index in [0.717, 1.165) is 5.56 Å². The summed E-state index contributed by atoms with van der Waals surface area (Å²) >= 11 is 0. The normalized spacial score (nSPS) is 10.4. The van der Waals surface area contributed by atoms with Crippen LogP contribution in [-0.2, 0) is 0 Å². The van der Waals surface area contributed by atoms with Crippen molar-refractivity contribution in [2.24, 2.45) is 0 Å². The first kappa shape index (κ1) is 11.5. The smallest absolute Gasteiger partial charge is 0.166 e. The van der Waals surface area contributed by atoms with Gasteiger partial charge < -0.3 is 9.26 Å². The topological polar surface area (TPSA) is 35.3 Å². The zero-order valence-corrected chi connectivity index (χ0v) is 9.92. The maximum atomic E-state index is 12.8. The Morgan fingerprint density at radius 2 is 1.47 bits per heavy atom. The quantitative estimate of drug-likeness (QED) is 0.701. The van der Waals surface area contributed by atoms with Crippen LogP contribution in [0.5, 0.6) is 11.5 Å². The predicted molar refractivity (Wildman–Crippen MR) is 68.4 cm³/mol. The minimum Gasteiger partial charge on any atom is -0.457 e. The molecule has 2 aromatic carbocycles. The number of halogens is 1. The van der Waals surface area contributed by atoms with Crippen molar-refractivity contribution in [2.45, 2.75) is 0 Å². The summed E-state index contributed by atoms with van der Waals surface area (Å²) in [5, 5.41) is 3.66. The van der Waals surface area contributed by atoms with Gasteiger partial charge in [-0.1, -0.05) is 5.16 Å². The van der Waals surface area contributed by atoms with E-state index in [9.17, 15) is 4.39 Å². The maximum absolute atomic E-state index is 12.8. The van der Waals surface area contributed by atoms with E-state index < -0.39 is 0 Å². The number of hydrogen-bond acceptors (Lipinski definition) is 3. The lowest BCUT2D eigenvalue weighted by atomic mass is 10.2. The first-order chi connectivity index (χ1) is 9.31. The Kier molecular flexibility index (Phi) is 2.98. The molecule has 0 bridgehead atoms. The van der Waals surface area contributed by atoms with Gasteiger partial charge in [0.05, 0.1) is 6.20 Å². The van der Waals surface area contributed by atoms with E-state index in [2.05, 4.69) is 5.16 Å². The predicted octanol–water partition coefficient (Wildman–Crippen LogP) is 4.27. The molecule has 0 fully saturated rings. The van der Waals surface area contributed by atoms with Crippen molar-refractivity contribution in [3.05, 3.63) is 66.6 Å². The number of rotatable bonds is 3. The van der Waals surface area contributed by atoms with Crippen LogP contribution in [0.4, 0.5) is 4.39 Å². The maximum Gasteiger partial charge on any atom is 0.166 e. The second-order valence-corrected chi connectivity index (χ2v) is 3.96. The van der Waals surface area contributed by atoms with Crippen LogP contribution in [0.1, 0.15) is 0 Å². The molecule has 0 aliphatic carbocycles. The third-order valence-corrected chi connectivity index (χ3v) is 2.63. The molecule has 1 heterocycles. The lowest BCUT2D eigenvalue weighted by Gasteiger charge is -2.05. The Labute approximate surface area is 109 Å². The minimum atomic E-state index is -0.284. The molecule has 0 saturated carbocycles. The van der Waals surface area contributed by atoms with Crippen LogP contribution < -0.4 is 4.74 Å². The lowest BCUT2D eigenvalue weighted by Crippen LogP contribution is -1.84. The molecule has 0 aliphatic heterocycles. The Morgan fingerprint density at radius 1 is 0.842 bits per heavy atom. The molecule has 0 spiro atoms. The first-order valence-corrected chi connectivity index (χ1v) is 5.76. The molecule has 1 aromatic heterocycles. The van der Waals surface area contributed by atoms with Gasteiger partial charge in [0.25, 0.3) is 0 Å². The van der Waals surface area contributed by atoms with Crippen molar-refractivity contribution in [3.63, 3.8) is 0 Å². The fraction of sp³-hybridized carbons (Fsp3) is 0. The molecule has 0 unspecified atom stereocenters. The number of benzene rings is 2. The summed E-state index contributed by atoms with van der Waals surface area (Å²) < 4.78 is 23.4. The van der Waals surface area contributed by atoms with Crippen LogP contribution in [0.25, 0.3) is 11.3 Å². The van der Waals surface area contributed by atoms with Crippen molar-refractivity contribution in [3.8, 4) is 22.8 Å². The van der Waals surface area contributed by atoms with E-state index in [1.165, 1.54) is 12.1 Å². The highest BCUT2D eigenvalue weighted by Gasteiger charge is 2.02. The van der Waals surface area contributed by atoms with E-state index in [1.807, 2.05) is 24.3 Å². The molecule has 3 aromatic rings. The molecular formula is C15H10FNO2. The molecule has 4 heteroatoms. The van der Waals surface area contributed by atoms with Crippen LogP contribution in [0.3, 0.4) is 0 Å². The fourth-order valence-electron chi connectivity index (χ4n) is 1.69. The molecule has 0 radical (unpaired) electrons. The monoisotopic (exact) mass is 255 g/mol. The molecule has 0 atom stereocenters. The first-order valence-electron chi connectivity index (χ1n) is 5.76. The van der Waals surface area contributed by atoms with E-state index in [0.29, 0.717) is 17.3 Å². The van der Waals surface area contributed by atoms with Crippen molar-refractivity contribution in [1.82, 2.24) is 5.16 Å². The van der Waals surface area contributed by atoms with Crippen molar-refractivity contribution in [1.29, 1.82) is 0 Å². The zero-order chi connectivity index (χ0) is 13.1. The fourth-order valence-corrected chi connectivity index (χ4v) is 1.69. The molecule has 0 saturated heterocycles. The third kappa shape index (κ3) is 2.63. The highest BCUT2D eigenvalue weighted by molar-refractivity contribution is 5.57. The van der Waals surface area contributed by atoms with Gasteiger partial charge in [0.2, 0.25) is 0 Å². The Hall–Kier alpha value is -2.62. The van der Waals surface area contributed by atoms with Gasteiger partial charge in [0, 0.05) is 11.6 Å². The second-order valence-electron chi connectivity index (χ2n) is 3.96. The highest BCUT2D eigenvalue weighted by atomic mass is 19.1. The molecule has 3 rings (SSSR count). The van der Waals surface area contributed by atoms with Gasteiger partial charge in [0.1, 0.15) is 17.3 Å². The zero-order valence-electron chi connectivity index (χ0n) is 9.92. The van der Waals surface area contributed by atoms with Crippen LogP contribution in [0, 0.1) is 5.82 Å². The van der Waals surface area contributed by atoms with Gasteiger partial charge >= 0.3 is 0 Å². The van der Waals surface area contributed by atoms with Gasteiger partial charge in [-0.05, 0) is 48.5 Å². The molecule has 19 heavy (non-hydrogen) atoms. The van der Waals surface area contributed by atoms with Crippen molar-refractivity contribution >= 4 is 0 Å². The van der Waals surface area contributed by atoms with Crippen LogP contribution in [0.15, 0.2) is 65.3 Å². The highest BCUT2D eigenvalue weighted by Crippen LogP contribution is 2.25. The Bertz CT molecular complexity index is 646. The summed E-state index contributed by atoms with van der Waals surface area (Å²) in [6, 6.07) is 15.1. The SMILES string of the molecule is Fc1ccc(Oc2ccc(-c3ccno3)cc2)cc1. The number of nitrogens with zero attached hydrogens (tertiary/aromatic N) is 1. The Balaban J connectivity index is 1.77. The molecule has 3 nitrogen and oxygen atoms in total. The second kappa shape index (κ2) is 4.94. The van der Waals surface area contributed by atoms with Crippen molar-refractivity contribution in [2.75, 3.05) is 0 Å². The summed E-state index contributed by atoms with van der Waals surface area (Å²) in [7, 11) is 0. The van der Waals surface area contributed by atoms with Gasteiger partial charge in [-0.15, -0.1) is 0 Å². The third-order valence-electron chi connectivity index (χ3n) is 2.63. The van der Waals surface area contributed by atoms with Gasteiger partial charge in [0.15, 0.2) is 5.76 Å². The summed E-state index contributed by atoms with van der Waals surface area (Å²) in [4.78, 5) is 0. The van der Waals surface area contributed by atoms with E-state index >= 15 is 0 Å². The van der Waals surface area contributed by atoms with E-state index in [4.69, 9.17) is 9.26 Å². The van der Waals surface area contributed by atoms with Gasteiger partial charge in [-0.2, -0.15) is 0 Å². The summed E-state index contributed by atoms with van der Waals surface area (Å²) in [5.41, 5.74) is 0.920. The Morgan fingerprint density at radius 3 is 2.05 bits per heavy atom. The van der Waals surface area contributed by atoms with E-state index in [1.54, 1.807) is 24.4 Å². The summed E-state index contributed by atoms with van der Waals surface area (Å²) in [6.07, 6.45) is 1.60. The largest absolute Gasteiger partial charge is 0.457 e. The van der Waals surface area contributed by atoms with Gasteiger partial charge in [-0.25, -0.2) is 4.39 Å².